The van der Waals surface area contributed by atoms with Crippen molar-refractivity contribution in [2.75, 3.05) is 26.4 Å². The predicted octanol–water partition coefficient (Wildman–Crippen LogP) is 17.8. The van der Waals surface area contributed by atoms with Gasteiger partial charge in [0.2, 0.25) is 5.91 Å². The number of carbonyl (C=O) groups is 1. The van der Waals surface area contributed by atoms with Gasteiger partial charge >= 0.3 is 0 Å². The largest absolute Gasteiger partial charge is 0.394 e. The van der Waals surface area contributed by atoms with Crippen molar-refractivity contribution in [3.05, 3.63) is 36.5 Å². The summed E-state index contributed by atoms with van der Waals surface area (Å²) in [6.45, 7) is 1.78. The Bertz CT molecular complexity index is 2120. The van der Waals surface area contributed by atoms with Crippen LogP contribution in [0, 0.1) is 0 Å². The fraction of sp³-hybridized carbons (Fsp3) is 0.923. The van der Waals surface area contributed by atoms with E-state index in [4.69, 9.17) is 28.4 Å². The van der Waals surface area contributed by atoms with Crippen LogP contribution in [-0.2, 0) is 33.2 Å². The van der Waals surface area contributed by atoms with Crippen molar-refractivity contribution in [2.24, 2.45) is 0 Å². The zero-order valence-electron chi connectivity index (χ0n) is 70.0. The van der Waals surface area contributed by atoms with E-state index < -0.39 is 124 Å². The monoisotopic (exact) mass is 1570 g/mol. The highest BCUT2D eigenvalue weighted by Crippen LogP contribution is 2.34. The zero-order valence-corrected chi connectivity index (χ0v) is 70.0. The number of nitrogens with one attached hydrogen (secondary N) is 1. The van der Waals surface area contributed by atoms with Gasteiger partial charge in [0, 0.05) is 6.42 Å². The maximum absolute atomic E-state index is 13.5. The molecule has 0 aliphatic carbocycles. The van der Waals surface area contributed by atoms with E-state index in [0.717, 1.165) is 38.5 Å². The van der Waals surface area contributed by atoms with Gasteiger partial charge in [0.25, 0.3) is 0 Å². The van der Waals surface area contributed by atoms with Gasteiger partial charge < -0.3 is 89.9 Å². The number of amides is 1. The lowest BCUT2D eigenvalue weighted by Crippen LogP contribution is -2.66. The van der Waals surface area contributed by atoms with Crippen molar-refractivity contribution in [2.45, 2.75) is 510 Å². The Kier molecular flexibility index (Phi) is 66.1. The number of aliphatic hydroxyl groups excluding tert-OH is 11. The summed E-state index contributed by atoms with van der Waals surface area (Å²) in [4.78, 5) is 13.5. The number of hydrogen-bond acceptors (Lipinski definition) is 18. The molecule has 3 rings (SSSR count). The van der Waals surface area contributed by atoms with Gasteiger partial charge in [-0.15, -0.1) is 0 Å². The van der Waals surface area contributed by atoms with Crippen LogP contribution in [0.5, 0.6) is 0 Å². The minimum atomic E-state index is -1.98. The van der Waals surface area contributed by atoms with Gasteiger partial charge in [-0.3, -0.25) is 4.79 Å². The van der Waals surface area contributed by atoms with Crippen LogP contribution in [0.1, 0.15) is 406 Å². The Morgan fingerprint density at radius 2 is 0.582 bits per heavy atom. The van der Waals surface area contributed by atoms with E-state index in [2.05, 4.69) is 43.5 Å². The third kappa shape index (κ3) is 49.3. The van der Waals surface area contributed by atoms with E-state index >= 15 is 0 Å². The van der Waals surface area contributed by atoms with E-state index in [1.165, 1.54) is 334 Å². The first-order valence-electron chi connectivity index (χ1n) is 46.2. The minimum Gasteiger partial charge on any atom is -0.394 e. The van der Waals surface area contributed by atoms with Gasteiger partial charge in [-0.25, -0.2) is 0 Å². The van der Waals surface area contributed by atoms with Crippen LogP contribution < -0.4 is 5.32 Å². The number of ether oxygens (including phenoxy) is 6. The zero-order chi connectivity index (χ0) is 79.5. The molecule has 19 heteroatoms. The molecule has 110 heavy (non-hydrogen) atoms. The average Bonchev–Trinajstić information content (AvgIpc) is 0.782. The molecule has 0 aromatic heterocycles. The highest BCUT2D eigenvalue weighted by molar-refractivity contribution is 5.76. The Morgan fingerprint density at radius 1 is 0.318 bits per heavy atom. The molecule has 3 aliphatic rings. The number of unbranched alkanes of at least 4 members (excludes halogenated alkanes) is 56. The maximum Gasteiger partial charge on any atom is 0.220 e. The molecule has 3 fully saturated rings. The third-order valence-corrected chi connectivity index (χ3v) is 23.2. The van der Waals surface area contributed by atoms with Crippen molar-refractivity contribution in [1.82, 2.24) is 5.32 Å². The lowest BCUT2D eigenvalue weighted by molar-refractivity contribution is -0.379. The van der Waals surface area contributed by atoms with Crippen LogP contribution in [0.4, 0.5) is 0 Å². The fourth-order valence-corrected chi connectivity index (χ4v) is 15.8. The molecule has 3 saturated heterocycles. The van der Waals surface area contributed by atoms with Crippen LogP contribution in [0.25, 0.3) is 0 Å². The van der Waals surface area contributed by atoms with Crippen LogP contribution >= 0.6 is 0 Å². The maximum atomic E-state index is 13.5. The number of carbonyl (C=O) groups excluding carboxylic acids is 1. The second kappa shape index (κ2) is 71.1. The van der Waals surface area contributed by atoms with E-state index in [-0.39, 0.29) is 18.9 Å². The third-order valence-electron chi connectivity index (χ3n) is 23.2. The molecule has 3 heterocycles. The highest BCUT2D eigenvalue weighted by atomic mass is 16.8. The van der Waals surface area contributed by atoms with Crippen molar-refractivity contribution in [3.63, 3.8) is 0 Å². The molecule has 0 bridgehead atoms. The van der Waals surface area contributed by atoms with Crippen molar-refractivity contribution >= 4 is 5.91 Å². The van der Waals surface area contributed by atoms with Gasteiger partial charge in [0.15, 0.2) is 18.9 Å². The second-order valence-corrected chi connectivity index (χ2v) is 33.1. The smallest absolute Gasteiger partial charge is 0.220 e. The van der Waals surface area contributed by atoms with Crippen LogP contribution in [-0.4, -0.2) is 193 Å². The van der Waals surface area contributed by atoms with Gasteiger partial charge in [0.05, 0.1) is 38.6 Å². The van der Waals surface area contributed by atoms with Crippen molar-refractivity contribution in [3.8, 4) is 0 Å². The quantitative estimate of drug-likeness (QED) is 0.0199. The fourth-order valence-electron chi connectivity index (χ4n) is 15.8. The number of hydrogen-bond donors (Lipinski definition) is 12. The summed E-state index contributed by atoms with van der Waals surface area (Å²) in [6, 6.07) is -0.990. The summed E-state index contributed by atoms with van der Waals surface area (Å²) in [7, 11) is 0. The van der Waals surface area contributed by atoms with Gasteiger partial charge in [-0.05, 0) is 57.8 Å². The summed E-state index contributed by atoms with van der Waals surface area (Å²) < 4.78 is 34.5. The van der Waals surface area contributed by atoms with Crippen LogP contribution in [0.3, 0.4) is 0 Å². The lowest BCUT2D eigenvalue weighted by atomic mass is 9.96. The number of aliphatic hydroxyl groups is 11. The lowest BCUT2D eigenvalue weighted by Gasteiger charge is -2.48. The van der Waals surface area contributed by atoms with E-state index in [1.54, 1.807) is 6.08 Å². The van der Waals surface area contributed by atoms with Crippen molar-refractivity contribution < 1.29 is 89.4 Å². The first-order valence-corrected chi connectivity index (χ1v) is 46.2. The molecule has 0 aromatic rings. The Balaban J connectivity index is 1.29. The van der Waals surface area contributed by atoms with E-state index in [9.17, 15) is 61.0 Å². The number of allylic oxidation sites excluding steroid dienone is 5. The highest BCUT2D eigenvalue weighted by Gasteiger charge is 2.54. The summed E-state index contributed by atoms with van der Waals surface area (Å²) in [6.07, 6.45) is 64.7. The molecular weight excluding hydrogens is 1390 g/mol. The topological polar surface area (TPSA) is 307 Å². The minimum absolute atomic E-state index is 0.240. The Morgan fingerprint density at radius 3 is 0.909 bits per heavy atom. The molecule has 12 N–H and O–H groups in total. The molecule has 1 amide bonds. The summed E-state index contributed by atoms with van der Waals surface area (Å²) in [5.74, 6) is -0.276. The second-order valence-electron chi connectivity index (χ2n) is 33.1. The molecule has 3 aliphatic heterocycles. The Labute approximate surface area is 670 Å². The summed E-state index contributed by atoms with van der Waals surface area (Å²) >= 11 is 0. The molecule has 17 atom stereocenters. The van der Waals surface area contributed by atoms with Crippen LogP contribution in [0.2, 0.25) is 0 Å². The molecule has 19 nitrogen and oxygen atoms in total. The SMILES string of the molecule is CCCCCCCCCC/C=C\CCCCCCCCCCCCCCCCCCCCCCCCCCCCCCCC(=O)NC(COC1OC(CO)C(OC2OC(CO)C(OC3OC(CO)C(O)C(O)C3O)C(O)C2O)C(O)C1O)C(O)/C=C/CC/C=C/CCCCCCCCCCCCCCCCCCCC. The molecule has 0 radical (unpaired) electrons. The molecule has 0 aromatic carbocycles. The van der Waals surface area contributed by atoms with Gasteiger partial charge in [0.1, 0.15) is 73.2 Å². The molecular formula is C91H171NO18. The van der Waals surface area contributed by atoms with Crippen LogP contribution in [0.15, 0.2) is 36.5 Å². The van der Waals surface area contributed by atoms with Gasteiger partial charge in [-0.2, -0.15) is 0 Å². The molecule has 17 unspecified atom stereocenters. The first kappa shape index (κ1) is 102. The molecule has 0 saturated carbocycles. The van der Waals surface area contributed by atoms with E-state index in [1.807, 2.05) is 6.08 Å². The summed E-state index contributed by atoms with van der Waals surface area (Å²) in [5, 5.41) is 121. The standard InChI is InChI=1S/C91H171NO18/c1-3-5-7-9-11-13-15-17-19-21-23-25-27-29-30-31-32-33-34-35-36-37-38-39-40-41-42-43-44-45-47-49-51-53-55-57-59-61-63-65-67-69-79(97)92-74(75(96)68-66-64-62-60-58-56-54-52-50-48-46-28-26-24-22-20-18-16-14-12-10-8-6-4-2)73-105-89-85(103)82(100)87(77(71-94)107-89)110-91-86(104)83(101)88(78(72-95)108-91)109-90-84(102)81(99)80(98)76(70-93)106-90/h21,23,58,60,66,68,74-78,80-91,93-96,98-104H,3-20,22,24-57,59,61-65,67,69-73H2,1-2H3,(H,92,97)/b23-21-,60-58+,68-66+. The molecule has 0 spiro atoms. The molecule has 648 valence electrons. The summed E-state index contributed by atoms with van der Waals surface area (Å²) in [5.41, 5.74) is 0. The van der Waals surface area contributed by atoms with E-state index in [0.29, 0.717) is 12.8 Å². The normalized spacial score (nSPS) is 25.3. The van der Waals surface area contributed by atoms with Crippen molar-refractivity contribution in [1.29, 1.82) is 0 Å². The Hall–Kier alpha value is -1.99. The number of rotatable bonds is 76. The first-order chi connectivity index (χ1) is 53.8. The predicted molar refractivity (Wildman–Crippen MR) is 443 cm³/mol. The van der Waals surface area contributed by atoms with Gasteiger partial charge in [-0.1, -0.05) is 378 Å². The average molecular weight is 1570 g/mol.